The Balaban J connectivity index is 2.05. The van der Waals surface area contributed by atoms with Gasteiger partial charge in [-0.2, -0.15) is 0 Å². The van der Waals surface area contributed by atoms with Crippen LogP contribution in [0.3, 0.4) is 0 Å². The molecule has 0 radical (unpaired) electrons. The lowest BCUT2D eigenvalue weighted by molar-refractivity contribution is -0.116. The molecule has 0 saturated carbocycles. The Bertz CT molecular complexity index is 571. The van der Waals surface area contributed by atoms with E-state index >= 15 is 0 Å². The third kappa shape index (κ3) is 4.01. The highest BCUT2D eigenvalue weighted by molar-refractivity contribution is 7.18. The molecule has 0 saturated heterocycles. The van der Waals surface area contributed by atoms with E-state index in [4.69, 9.17) is 11.6 Å². The van der Waals surface area contributed by atoms with Crippen molar-refractivity contribution >= 4 is 34.0 Å². The van der Waals surface area contributed by atoms with E-state index < -0.39 is 0 Å². The van der Waals surface area contributed by atoms with Gasteiger partial charge in [-0.05, 0) is 19.4 Å². The fourth-order valence-electron chi connectivity index (χ4n) is 1.58. The second kappa shape index (κ2) is 6.63. The van der Waals surface area contributed by atoms with Crippen LogP contribution in [0.5, 0.6) is 0 Å². The number of nitrogens with zero attached hydrogens (tertiary/aromatic N) is 2. The molecular weight excluding hydrogens is 282 g/mol. The fourth-order valence-corrected chi connectivity index (χ4v) is 2.47. The summed E-state index contributed by atoms with van der Waals surface area (Å²) in [4.78, 5) is 11.5. The maximum absolute atomic E-state index is 11.5. The summed E-state index contributed by atoms with van der Waals surface area (Å²) in [6.45, 7) is 2.03. The molecule has 0 fully saturated rings. The fraction of sp³-hybridized carbons (Fsp3) is 0.308. The van der Waals surface area contributed by atoms with Crippen LogP contribution >= 0.6 is 22.9 Å². The van der Waals surface area contributed by atoms with Gasteiger partial charge in [-0.3, -0.25) is 4.79 Å². The number of benzene rings is 1. The van der Waals surface area contributed by atoms with Crippen LogP contribution < -0.4 is 5.32 Å². The second-order valence-electron chi connectivity index (χ2n) is 4.12. The van der Waals surface area contributed by atoms with E-state index in [-0.39, 0.29) is 5.91 Å². The molecule has 0 aliphatic rings. The molecule has 0 aliphatic heterocycles. The van der Waals surface area contributed by atoms with Gasteiger partial charge in [0, 0.05) is 17.9 Å². The van der Waals surface area contributed by atoms with E-state index in [1.54, 1.807) is 0 Å². The third-order valence-corrected chi connectivity index (χ3v) is 3.63. The van der Waals surface area contributed by atoms with Crippen molar-refractivity contribution in [2.45, 2.75) is 19.8 Å². The molecule has 0 atom stereocenters. The van der Waals surface area contributed by atoms with Crippen LogP contribution in [-0.4, -0.2) is 22.0 Å². The van der Waals surface area contributed by atoms with Crippen molar-refractivity contribution in [3.05, 3.63) is 29.8 Å². The highest BCUT2D eigenvalue weighted by Gasteiger charge is 2.09. The number of amides is 1. The highest BCUT2D eigenvalue weighted by atomic mass is 35.5. The van der Waals surface area contributed by atoms with Crippen LogP contribution in [0.15, 0.2) is 24.3 Å². The molecule has 1 N–H and O–H groups in total. The molecule has 0 bridgehead atoms. The standard InChI is InChI=1S/C13H14ClN3OS/c1-9-4-2-5-10(8-9)12-16-17-13(19-12)15-11(18)6-3-7-14/h2,4-5,8H,3,6-7H2,1H3,(H,15,17,18). The summed E-state index contributed by atoms with van der Waals surface area (Å²) in [5, 5.41) is 12.1. The van der Waals surface area contributed by atoms with Gasteiger partial charge < -0.3 is 5.32 Å². The van der Waals surface area contributed by atoms with Crippen molar-refractivity contribution < 1.29 is 4.79 Å². The Morgan fingerprint density at radius 1 is 1.42 bits per heavy atom. The Morgan fingerprint density at radius 3 is 3.00 bits per heavy atom. The maximum atomic E-state index is 11.5. The van der Waals surface area contributed by atoms with Gasteiger partial charge in [0.2, 0.25) is 11.0 Å². The van der Waals surface area contributed by atoms with Crippen molar-refractivity contribution in [2.24, 2.45) is 0 Å². The molecule has 1 heterocycles. The summed E-state index contributed by atoms with van der Waals surface area (Å²) in [7, 11) is 0. The average Bonchev–Trinajstić information content (AvgIpc) is 2.85. The zero-order valence-electron chi connectivity index (χ0n) is 10.5. The molecule has 6 heteroatoms. The van der Waals surface area contributed by atoms with Crippen molar-refractivity contribution in [1.82, 2.24) is 10.2 Å². The molecule has 2 aromatic rings. The number of anilines is 1. The van der Waals surface area contributed by atoms with Gasteiger partial charge >= 0.3 is 0 Å². The summed E-state index contributed by atoms with van der Waals surface area (Å²) in [5.41, 5.74) is 2.18. The Hall–Kier alpha value is -1.46. The van der Waals surface area contributed by atoms with E-state index in [1.165, 1.54) is 16.9 Å². The maximum Gasteiger partial charge on any atom is 0.226 e. The van der Waals surface area contributed by atoms with Gasteiger partial charge in [-0.15, -0.1) is 21.8 Å². The second-order valence-corrected chi connectivity index (χ2v) is 5.48. The van der Waals surface area contributed by atoms with Gasteiger partial charge in [0.1, 0.15) is 5.01 Å². The molecule has 19 heavy (non-hydrogen) atoms. The minimum Gasteiger partial charge on any atom is -0.301 e. The summed E-state index contributed by atoms with van der Waals surface area (Å²) in [6.07, 6.45) is 1.07. The summed E-state index contributed by atoms with van der Waals surface area (Å²) < 4.78 is 0. The summed E-state index contributed by atoms with van der Waals surface area (Å²) >= 11 is 6.91. The number of carbonyl (C=O) groups excluding carboxylic acids is 1. The number of aryl methyl sites for hydroxylation is 1. The minimum atomic E-state index is -0.0763. The molecule has 1 aromatic heterocycles. The van der Waals surface area contributed by atoms with Crippen LogP contribution in [0.1, 0.15) is 18.4 Å². The molecule has 0 spiro atoms. The first-order valence-corrected chi connectivity index (χ1v) is 7.30. The number of aromatic nitrogens is 2. The molecule has 1 amide bonds. The SMILES string of the molecule is Cc1cccc(-c2nnc(NC(=O)CCCCl)s2)c1. The predicted molar refractivity (Wildman–Crippen MR) is 78.7 cm³/mol. The molecule has 0 unspecified atom stereocenters. The molecule has 0 aliphatic carbocycles. The number of carbonyl (C=O) groups is 1. The molecule has 2 rings (SSSR count). The lowest BCUT2D eigenvalue weighted by atomic mass is 10.1. The minimum absolute atomic E-state index is 0.0763. The molecule has 4 nitrogen and oxygen atoms in total. The Labute approximate surface area is 120 Å². The lowest BCUT2D eigenvalue weighted by Gasteiger charge is -1.98. The predicted octanol–water partition coefficient (Wildman–Crippen LogP) is 3.47. The van der Waals surface area contributed by atoms with Crippen molar-refractivity contribution in [3.8, 4) is 10.6 Å². The van der Waals surface area contributed by atoms with Gasteiger partial charge in [0.15, 0.2) is 0 Å². The van der Waals surface area contributed by atoms with E-state index in [1.807, 2.05) is 31.2 Å². The van der Waals surface area contributed by atoms with Gasteiger partial charge in [-0.25, -0.2) is 0 Å². The van der Waals surface area contributed by atoms with Crippen molar-refractivity contribution in [3.63, 3.8) is 0 Å². The monoisotopic (exact) mass is 295 g/mol. The first-order chi connectivity index (χ1) is 9.19. The first-order valence-electron chi connectivity index (χ1n) is 5.95. The number of halogens is 1. The number of nitrogens with one attached hydrogen (secondary N) is 1. The van der Waals surface area contributed by atoms with Gasteiger partial charge in [0.05, 0.1) is 0 Å². The Morgan fingerprint density at radius 2 is 2.26 bits per heavy atom. The van der Waals surface area contributed by atoms with E-state index in [0.717, 1.165) is 10.6 Å². The zero-order chi connectivity index (χ0) is 13.7. The summed E-state index contributed by atoms with van der Waals surface area (Å²) in [5.74, 6) is 0.408. The Kier molecular flexibility index (Phi) is 4.87. The van der Waals surface area contributed by atoms with Gasteiger partial charge in [0.25, 0.3) is 0 Å². The van der Waals surface area contributed by atoms with E-state index in [2.05, 4.69) is 15.5 Å². The average molecular weight is 296 g/mol. The van der Waals surface area contributed by atoms with E-state index in [9.17, 15) is 4.79 Å². The van der Waals surface area contributed by atoms with Crippen LogP contribution in [0.4, 0.5) is 5.13 Å². The zero-order valence-corrected chi connectivity index (χ0v) is 12.1. The normalized spacial score (nSPS) is 10.4. The largest absolute Gasteiger partial charge is 0.301 e. The van der Waals surface area contributed by atoms with Crippen LogP contribution in [0.25, 0.3) is 10.6 Å². The highest BCUT2D eigenvalue weighted by Crippen LogP contribution is 2.26. The lowest BCUT2D eigenvalue weighted by Crippen LogP contribution is -2.10. The number of hydrogen-bond acceptors (Lipinski definition) is 4. The van der Waals surface area contributed by atoms with Crippen LogP contribution in [0.2, 0.25) is 0 Å². The van der Waals surface area contributed by atoms with Crippen LogP contribution in [0, 0.1) is 6.92 Å². The third-order valence-electron chi connectivity index (χ3n) is 2.47. The van der Waals surface area contributed by atoms with E-state index in [0.29, 0.717) is 23.9 Å². The van der Waals surface area contributed by atoms with Crippen molar-refractivity contribution in [2.75, 3.05) is 11.2 Å². The topological polar surface area (TPSA) is 54.9 Å². The van der Waals surface area contributed by atoms with Gasteiger partial charge in [-0.1, -0.05) is 35.1 Å². The first kappa shape index (κ1) is 14.0. The smallest absolute Gasteiger partial charge is 0.226 e. The molecule has 1 aromatic carbocycles. The molecule has 100 valence electrons. The summed E-state index contributed by atoms with van der Waals surface area (Å²) in [6, 6.07) is 8.02. The quantitative estimate of drug-likeness (QED) is 0.859. The number of alkyl halides is 1. The number of rotatable bonds is 5. The molecular formula is C13H14ClN3OS. The van der Waals surface area contributed by atoms with Crippen molar-refractivity contribution in [1.29, 1.82) is 0 Å². The van der Waals surface area contributed by atoms with Crippen LogP contribution in [-0.2, 0) is 4.79 Å². The number of hydrogen-bond donors (Lipinski definition) is 1.